The van der Waals surface area contributed by atoms with Crippen molar-refractivity contribution in [1.82, 2.24) is 0 Å². The molecule has 21 heavy (non-hydrogen) atoms. The first kappa shape index (κ1) is 16.0. The quantitative estimate of drug-likeness (QED) is 0.797. The zero-order chi connectivity index (χ0) is 15.5. The van der Waals surface area contributed by atoms with Gasteiger partial charge in [-0.15, -0.1) is 0 Å². The average molecular weight is 292 g/mol. The van der Waals surface area contributed by atoms with Gasteiger partial charge in [-0.25, -0.2) is 0 Å². The second kappa shape index (κ2) is 6.58. The predicted molar refractivity (Wildman–Crippen MR) is 79.6 cm³/mol. The van der Waals surface area contributed by atoms with E-state index in [4.69, 9.17) is 14.2 Å². The Morgan fingerprint density at radius 2 is 1.90 bits per heavy atom. The lowest BCUT2D eigenvalue weighted by Crippen LogP contribution is -2.47. The Balaban J connectivity index is 2.21. The van der Waals surface area contributed by atoms with Gasteiger partial charge in [-0.2, -0.15) is 0 Å². The van der Waals surface area contributed by atoms with Gasteiger partial charge in [0.25, 0.3) is 0 Å². The maximum absolute atomic E-state index is 11.8. The highest BCUT2D eigenvalue weighted by Crippen LogP contribution is 2.46. The van der Waals surface area contributed by atoms with Crippen molar-refractivity contribution in [3.8, 4) is 0 Å². The maximum Gasteiger partial charge on any atom is 0.308 e. The molecule has 0 unspecified atom stereocenters. The van der Waals surface area contributed by atoms with E-state index in [1.165, 1.54) is 0 Å². The minimum absolute atomic E-state index is 0.109. The molecule has 0 N–H and O–H groups in total. The van der Waals surface area contributed by atoms with Crippen molar-refractivity contribution < 1.29 is 19.0 Å². The van der Waals surface area contributed by atoms with E-state index < -0.39 is 0 Å². The van der Waals surface area contributed by atoms with Crippen molar-refractivity contribution in [3.63, 3.8) is 0 Å². The molecule has 0 bridgehead atoms. The Hall–Kier alpha value is -1.39. The summed E-state index contributed by atoms with van der Waals surface area (Å²) in [4.78, 5) is 11.8. The first-order valence-electron chi connectivity index (χ1n) is 7.46. The predicted octanol–water partition coefficient (Wildman–Crippen LogP) is 3.47. The van der Waals surface area contributed by atoms with Gasteiger partial charge >= 0.3 is 5.97 Å². The molecule has 0 amide bonds. The van der Waals surface area contributed by atoms with Crippen molar-refractivity contribution >= 4 is 5.97 Å². The van der Waals surface area contributed by atoms with Gasteiger partial charge in [-0.1, -0.05) is 44.2 Å². The van der Waals surface area contributed by atoms with E-state index in [-0.39, 0.29) is 36.3 Å². The molecule has 0 radical (unpaired) electrons. The first-order valence-corrected chi connectivity index (χ1v) is 7.46. The number of carbonyl (C=O) groups excluding carboxylic acids is 1. The highest BCUT2D eigenvalue weighted by molar-refractivity contribution is 5.70. The van der Waals surface area contributed by atoms with Gasteiger partial charge in [0, 0.05) is 5.41 Å². The molecule has 4 nitrogen and oxygen atoms in total. The minimum Gasteiger partial charge on any atom is -0.466 e. The first-order chi connectivity index (χ1) is 9.95. The van der Waals surface area contributed by atoms with Crippen molar-refractivity contribution in [3.05, 3.63) is 35.9 Å². The summed E-state index contributed by atoms with van der Waals surface area (Å²) in [6.45, 7) is 8.20. The van der Waals surface area contributed by atoms with Gasteiger partial charge in [0.2, 0.25) is 0 Å². The van der Waals surface area contributed by atoms with E-state index in [9.17, 15) is 4.79 Å². The standard InChI is InChI=1S/C17H24O4/c1-5-19-15(18)11-14-17(3,4)16(21-12(2)20-14)13-9-7-6-8-10-13/h6-10,12,14,16H,5,11H2,1-4H3/t12-,14-,16+/m0/s1. The number of ether oxygens (including phenoxy) is 3. The molecule has 1 heterocycles. The van der Waals surface area contributed by atoms with Gasteiger partial charge in [0.15, 0.2) is 6.29 Å². The molecule has 1 aliphatic heterocycles. The Morgan fingerprint density at radius 1 is 1.24 bits per heavy atom. The largest absolute Gasteiger partial charge is 0.466 e. The summed E-state index contributed by atoms with van der Waals surface area (Å²) in [6.07, 6.45) is -0.437. The third-order valence-electron chi connectivity index (χ3n) is 3.95. The van der Waals surface area contributed by atoms with E-state index >= 15 is 0 Å². The number of esters is 1. The zero-order valence-corrected chi connectivity index (χ0v) is 13.2. The fourth-order valence-corrected chi connectivity index (χ4v) is 2.79. The Bertz CT molecular complexity index is 469. The molecular formula is C17H24O4. The van der Waals surface area contributed by atoms with Crippen LogP contribution in [0.3, 0.4) is 0 Å². The summed E-state index contributed by atoms with van der Waals surface area (Å²) < 4.78 is 16.9. The van der Waals surface area contributed by atoms with Crippen molar-refractivity contribution in [2.75, 3.05) is 6.61 Å². The SMILES string of the molecule is CCOC(=O)C[C@@H]1O[C@H](C)O[C@H](c2ccccc2)C1(C)C. The summed E-state index contributed by atoms with van der Waals surface area (Å²) in [5.41, 5.74) is 0.784. The molecule has 0 spiro atoms. The maximum atomic E-state index is 11.8. The van der Waals surface area contributed by atoms with Crippen LogP contribution in [0.2, 0.25) is 0 Å². The molecule has 0 saturated carbocycles. The van der Waals surface area contributed by atoms with Crippen LogP contribution in [0.5, 0.6) is 0 Å². The summed E-state index contributed by atoms with van der Waals surface area (Å²) in [7, 11) is 0. The van der Waals surface area contributed by atoms with Crippen LogP contribution in [-0.2, 0) is 19.0 Å². The molecule has 116 valence electrons. The normalized spacial score (nSPS) is 28.1. The van der Waals surface area contributed by atoms with Crippen LogP contribution >= 0.6 is 0 Å². The van der Waals surface area contributed by atoms with Crippen LogP contribution in [0.1, 0.15) is 45.8 Å². The van der Waals surface area contributed by atoms with Gasteiger partial charge < -0.3 is 14.2 Å². The third-order valence-corrected chi connectivity index (χ3v) is 3.95. The molecule has 3 atom stereocenters. The van der Waals surface area contributed by atoms with Crippen LogP contribution in [0.25, 0.3) is 0 Å². The van der Waals surface area contributed by atoms with Crippen LogP contribution in [0.15, 0.2) is 30.3 Å². The van der Waals surface area contributed by atoms with E-state index in [1.807, 2.05) is 44.2 Å². The van der Waals surface area contributed by atoms with E-state index in [0.29, 0.717) is 6.61 Å². The molecule has 4 heteroatoms. The molecule has 1 fully saturated rings. The highest BCUT2D eigenvalue weighted by Gasteiger charge is 2.46. The van der Waals surface area contributed by atoms with E-state index in [2.05, 4.69) is 13.8 Å². The zero-order valence-electron chi connectivity index (χ0n) is 13.2. The lowest BCUT2D eigenvalue weighted by atomic mass is 9.75. The third kappa shape index (κ3) is 3.63. The number of hydrogen-bond acceptors (Lipinski definition) is 4. The molecule has 2 rings (SSSR count). The number of carbonyl (C=O) groups is 1. The summed E-state index contributed by atoms with van der Waals surface area (Å²) in [6, 6.07) is 10.1. The fourth-order valence-electron chi connectivity index (χ4n) is 2.79. The Labute approximate surface area is 126 Å². The molecule has 0 aromatic heterocycles. The van der Waals surface area contributed by atoms with E-state index in [0.717, 1.165) is 5.56 Å². The van der Waals surface area contributed by atoms with Crippen LogP contribution in [0, 0.1) is 5.41 Å². The van der Waals surface area contributed by atoms with Gasteiger partial charge in [0.05, 0.1) is 25.2 Å². The summed E-state index contributed by atoms with van der Waals surface area (Å²) >= 11 is 0. The topological polar surface area (TPSA) is 44.8 Å². The second-order valence-electron chi connectivity index (χ2n) is 5.95. The highest BCUT2D eigenvalue weighted by atomic mass is 16.7. The molecule has 1 aromatic rings. The van der Waals surface area contributed by atoms with Crippen molar-refractivity contribution in [1.29, 1.82) is 0 Å². The van der Waals surface area contributed by atoms with Gasteiger partial charge in [0.1, 0.15) is 0 Å². The summed E-state index contributed by atoms with van der Waals surface area (Å²) in [5, 5.41) is 0. The Morgan fingerprint density at radius 3 is 2.52 bits per heavy atom. The molecule has 0 aliphatic carbocycles. The van der Waals surface area contributed by atoms with Crippen molar-refractivity contribution in [2.45, 2.75) is 52.6 Å². The fraction of sp³-hybridized carbons (Fsp3) is 0.588. The van der Waals surface area contributed by atoms with E-state index in [1.54, 1.807) is 0 Å². The second-order valence-corrected chi connectivity index (χ2v) is 5.95. The number of benzene rings is 1. The Kier molecular flexibility index (Phi) is 5.01. The number of rotatable bonds is 4. The summed E-state index contributed by atoms with van der Waals surface area (Å²) in [5.74, 6) is -0.225. The van der Waals surface area contributed by atoms with Gasteiger partial charge in [-0.05, 0) is 19.4 Å². The monoisotopic (exact) mass is 292 g/mol. The lowest BCUT2D eigenvalue weighted by Gasteiger charge is -2.47. The van der Waals surface area contributed by atoms with Crippen LogP contribution in [0.4, 0.5) is 0 Å². The molecular weight excluding hydrogens is 268 g/mol. The van der Waals surface area contributed by atoms with Crippen molar-refractivity contribution in [2.24, 2.45) is 5.41 Å². The average Bonchev–Trinajstić information content (AvgIpc) is 2.44. The smallest absolute Gasteiger partial charge is 0.308 e. The minimum atomic E-state index is -0.345. The van der Waals surface area contributed by atoms with Crippen LogP contribution in [-0.4, -0.2) is 25.0 Å². The number of hydrogen-bond donors (Lipinski definition) is 0. The molecule has 1 aromatic carbocycles. The molecule has 1 saturated heterocycles. The van der Waals surface area contributed by atoms with Crippen LogP contribution < -0.4 is 0 Å². The van der Waals surface area contributed by atoms with Gasteiger partial charge in [-0.3, -0.25) is 4.79 Å². The lowest BCUT2D eigenvalue weighted by molar-refractivity contribution is -0.290. The molecule has 1 aliphatic rings.